The summed E-state index contributed by atoms with van der Waals surface area (Å²) in [4.78, 5) is 72.7. The molecule has 17 nitrogen and oxygen atoms in total. The lowest BCUT2D eigenvalue weighted by molar-refractivity contribution is -0.161. The number of phosphoric acid groups is 2. The van der Waals surface area contributed by atoms with Crippen LogP contribution in [-0.2, 0) is 65.4 Å². The highest BCUT2D eigenvalue weighted by Gasteiger charge is 2.30. The minimum absolute atomic E-state index is 0.104. The number of aliphatic hydroxyl groups excluding tert-OH is 1. The van der Waals surface area contributed by atoms with Crippen molar-refractivity contribution >= 4 is 39.5 Å². The van der Waals surface area contributed by atoms with Gasteiger partial charge in [0.2, 0.25) is 0 Å². The van der Waals surface area contributed by atoms with Gasteiger partial charge in [0.1, 0.15) is 19.3 Å². The van der Waals surface area contributed by atoms with Gasteiger partial charge in [-0.2, -0.15) is 0 Å². The van der Waals surface area contributed by atoms with Gasteiger partial charge in [0, 0.05) is 25.7 Å². The van der Waals surface area contributed by atoms with Crippen LogP contribution in [0.5, 0.6) is 0 Å². The van der Waals surface area contributed by atoms with Crippen molar-refractivity contribution in [3.63, 3.8) is 0 Å². The highest BCUT2D eigenvalue weighted by atomic mass is 31.2. The second-order valence-corrected chi connectivity index (χ2v) is 31.7. The summed E-state index contributed by atoms with van der Waals surface area (Å²) in [7, 11) is -9.91. The number of aliphatic hydroxyl groups is 1. The maximum atomic E-state index is 13.1. The van der Waals surface area contributed by atoms with Crippen molar-refractivity contribution < 1.29 is 80.2 Å². The first-order chi connectivity index (χ1) is 46.9. The first-order valence-electron chi connectivity index (χ1n) is 40.5. The molecule has 0 aromatic carbocycles. The summed E-state index contributed by atoms with van der Waals surface area (Å²) in [6, 6.07) is 0. The molecule has 0 aromatic heterocycles. The van der Waals surface area contributed by atoms with Gasteiger partial charge in [-0.05, 0) is 37.5 Å². The molecule has 0 bridgehead atoms. The van der Waals surface area contributed by atoms with Crippen molar-refractivity contribution in [2.75, 3.05) is 39.6 Å². The summed E-state index contributed by atoms with van der Waals surface area (Å²) in [5, 5.41) is 10.6. The van der Waals surface area contributed by atoms with Crippen LogP contribution in [0, 0.1) is 11.8 Å². The van der Waals surface area contributed by atoms with Crippen LogP contribution in [0.1, 0.15) is 408 Å². The second kappa shape index (κ2) is 69.8. The molecule has 3 unspecified atom stereocenters. The molecule has 0 spiro atoms. The number of phosphoric ester groups is 2. The smallest absolute Gasteiger partial charge is 0.462 e. The molecule has 0 rings (SSSR count). The number of rotatable bonds is 77. The molecule has 0 aliphatic carbocycles. The number of hydrogen-bond acceptors (Lipinski definition) is 15. The Balaban J connectivity index is 5.16. The van der Waals surface area contributed by atoms with Gasteiger partial charge in [0.05, 0.1) is 26.4 Å². The van der Waals surface area contributed by atoms with E-state index < -0.39 is 97.5 Å². The minimum Gasteiger partial charge on any atom is -0.462 e. The molecule has 0 aliphatic rings. The molecule has 97 heavy (non-hydrogen) atoms. The van der Waals surface area contributed by atoms with E-state index in [9.17, 15) is 43.2 Å². The molecule has 0 saturated heterocycles. The van der Waals surface area contributed by atoms with Crippen LogP contribution in [0.15, 0.2) is 0 Å². The van der Waals surface area contributed by atoms with Crippen LogP contribution in [-0.4, -0.2) is 96.7 Å². The van der Waals surface area contributed by atoms with Crippen LogP contribution in [0.3, 0.4) is 0 Å². The van der Waals surface area contributed by atoms with E-state index in [-0.39, 0.29) is 25.7 Å². The molecular formula is C78H152O17P2. The van der Waals surface area contributed by atoms with Gasteiger partial charge in [-0.3, -0.25) is 37.3 Å². The highest BCUT2D eigenvalue weighted by molar-refractivity contribution is 7.47. The number of unbranched alkanes of at least 4 members (excludes halogenated alkanes) is 46. The maximum Gasteiger partial charge on any atom is 0.472 e. The molecule has 0 amide bonds. The summed E-state index contributed by atoms with van der Waals surface area (Å²) in [5.74, 6) is -0.552. The quantitative estimate of drug-likeness (QED) is 0.0222. The van der Waals surface area contributed by atoms with E-state index in [0.29, 0.717) is 25.7 Å². The van der Waals surface area contributed by atoms with Crippen molar-refractivity contribution in [3.8, 4) is 0 Å². The van der Waals surface area contributed by atoms with Crippen LogP contribution in [0.4, 0.5) is 0 Å². The molecular weight excluding hydrogens is 1270 g/mol. The number of carbonyl (C=O) groups excluding carboxylic acids is 4. The van der Waals surface area contributed by atoms with Crippen molar-refractivity contribution in [1.82, 2.24) is 0 Å². The Bertz CT molecular complexity index is 1870. The third kappa shape index (κ3) is 70.9. The molecule has 0 aromatic rings. The van der Waals surface area contributed by atoms with Gasteiger partial charge >= 0.3 is 39.5 Å². The molecule has 6 atom stereocenters. The van der Waals surface area contributed by atoms with Gasteiger partial charge in [0.15, 0.2) is 12.2 Å². The number of hydrogen-bond donors (Lipinski definition) is 3. The fourth-order valence-electron chi connectivity index (χ4n) is 12.0. The highest BCUT2D eigenvalue weighted by Crippen LogP contribution is 2.45. The average molecular weight is 1420 g/mol. The summed E-state index contributed by atoms with van der Waals surface area (Å²) < 4.78 is 68.4. The van der Waals surface area contributed by atoms with E-state index in [0.717, 1.165) is 115 Å². The lowest BCUT2D eigenvalue weighted by atomic mass is 9.99. The predicted octanol–water partition coefficient (Wildman–Crippen LogP) is 23.1. The largest absolute Gasteiger partial charge is 0.472 e. The van der Waals surface area contributed by atoms with Crippen molar-refractivity contribution in [1.29, 1.82) is 0 Å². The Morgan fingerprint density at radius 2 is 0.526 bits per heavy atom. The van der Waals surface area contributed by atoms with E-state index >= 15 is 0 Å². The SMILES string of the molecule is CCCCCCCCCCCCCCCCCCCCCCCC(=O)O[C@H](COC(=O)CCCCCCCCCCCCCCCCC(C)CC)COP(=O)(O)OC[C@@H](O)COP(=O)(O)OC[C@@H](COC(=O)CCCCCCCCC)OC(=O)CCCCCCCCCCC(C)C. The first kappa shape index (κ1) is 95.1. The Hall–Kier alpha value is -1.94. The van der Waals surface area contributed by atoms with Gasteiger partial charge in [-0.15, -0.1) is 0 Å². The topological polar surface area (TPSA) is 237 Å². The van der Waals surface area contributed by atoms with Gasteiger partial charge in [0.25, 0.3) is 0 Å². The predicted molar refractivity (Wildman–Crippen MR) is 395 cm³/mol. The van der Waals surface area contributed by atoms with Crippen molar-refractivity contribution in [2.24, 2.45) is 11.8 Å². The van der Waals surface area contributed by atoms with E-state index in [1.54, 1.807) is 0 Å². The fourth-order valence-corrected chi connectivity index (χ4v) is 13.6. The Kier molecular flexibility index (Phi) is 68.4. The zero-order chi connectivity index (χ0) is 71.4. The molecule has 0 saturated carbocycles. The number of carbonyl (C=O) groups is 4. The average Bonchev–Trinajstić information content (AvgIpc) is 1.55. The Morgan fingerprint density at radius 3 is 0.784 bits per heavy atom. The van der Waals surface area contributed by atoms with E-state index in [1.807, 2.05) is 0 Å². The first-order valence-corrected chi connectivity index (χ1v) is 43.5. The molecule has 0 fully saturated rings. The standard InChI is InChI=1S/C78H152O17P2/c1-7-10-12-14-16-17-18-19-20-21-22-23-24-25-26-31-34-37-44-50-56-62-77(82)94-74(67-89-76(81)61-55-49-43-36-33-30-28-27-29-32-35-42-47-53-59-71(6)9-3)69-93-97(86,87)91-65-72(79)64-90-96(84,85)92-68-73(66-88-75(80)60-54-48-40-15-13-11-8-2)95-78(83)63-57-51-45-39-38-41-46-52-58-70(4)5/h70-74,79H,7-69H2,1-6H3,(H,84,85)(H,86,87)/t71?,72-,73+,74+/m0/s1. The normalized spacial score (nSPS) is 14.2. The lowest BCUT2D eigenvalue weighted by Crippen LogP contribution is -2.30. The third-order valence-corrected chi connectivity index (χ3v) is 20.5. The zero-order valence-corrected chi connectivity index (χ0v) is 65.2. The van der Waals surface area contributed by atoms with E-state index in [4.69, 9.17) is 37.0 Å². The molecule has 0 aliphatic heterocycles. The number of esters is 4. The molecule has 3 N–H and O–H groups in total. The van der Waals surface area contributed by atoms with E-state index in [1.165, 1.54) is 212 Å². The summed E-state index contributed by atoms with van der Waals surface area (Å²) in [6.45, 7) is 9.57. The van der Waals surface area contributed by atoms with Crippen LogP contribution >= 0.6 is 15.6 Å². The van der Waals surface area contributed by atoms with Crippen LogP contribution in [0.25, 0.3) is 0 Å². The molecule has 576 valence electrons. The molecule has 0 radical (unpaired) electrons. The van der Waals surface area contributed by atoms with Crippen LogP contribution < -0.4 is 0 Å². The Morgan fingerprint density at radius 1 is 0.299 bits per heavy atom. The third-order valence-electron chi connectivity index (χ3n) is 18.6. The minimum atomic E-state index is -4.96. The second-order valence-electron chi connectivity index (χ2n) is 28.8. The maximum absolute atomic E-state index is 13.1. The number of ether oxygens (including phenoxy) is 4. The van der Waals surface area contributed by atoms with Gasteiger partial charge in [-0.25, -0.2) is 9.13 Å². The van der Waals surface area contributed by atoms with Crippen molar-refractivity contribution in [2.45, 2.75) is 426 Å². The summed E-state index contributed by atoms with van der Waals surface area (Å²) in [5.41, 5.74) is 0. The monoisotopic (exact) mass is 1420 g/mol. The summed E-state index contributed by atoms with van der Waals surface area (Å²) >= 11 is 0. The lowest BCUT2D eigenvalue weighted by Gasteiger charge is -2.21. The molecule has 19 heteroatoms. The zero-order valence-electron chi connectivity index (χ0n) is 63.4. The fraction of sp³-hybridized carbons (Fsp3) is 0.949. The van der Waals surface area contributed by atoms with Gasteiger partial charge in [-0.1, -0.05) is 356 Å². The molecule has 0 heterocycles. The van der Waals surface area contributed by atoms with E-state index in [2.05, 4.69) is 41.5 Å². The van der Waals surface area contributed by atoms with Crippen LogP contribution in [0.2, 0.25) is 0 Å². The Labute approximate surface area is 594 Å². The summed E-state index contributed by atoms with van der Waals surface area (Å²) in [6.07, 6.45) is 58.6. The van der Waals surface area contributed by atoms with Crippen molar-refractivity contribution in [3.05, 3.63) is 0 Å². The van der Waals surface area contributed by atoms with Gasteiger partial charge < -0.3 is 33.8 Å².